The second-order valence-corrected chi connectivity index (χ2v) is 9.82. The van der Waals surface area contributed by atoms with Gasteiger partial charge in [-0.3, -0.25) is 19.3 Å². The quantitative estimate of drug-likeness (QED) is 0.667. The molecule has 34 heavy (non-hydrogen) atoms. The summed E-state index contributed by atoms with van der Waals surface area (Å²) in [6, 6.07) is 10.4. The summed E-state index contributed by atoms with van der Waals surface area (Å²) in [4.78, 5) is 54.9. The molecule has 8 heteroatoms. The highest BCUT2D eigenvalue weighted by atomic mass is 16.2. The van der Waals surface area contributed by atoms with Gasteiger partial charge in [-0.05, 0) is 61.3 Å². The van der Waals surface area contributed by atoms with Crippen molar-refractivity contribution >= 4 is 17.8 Å². The number of nitrogens with zero attached hydrogens (tertiary/aromatic N) is 3. The Kier molecular flexibility index (Phi) is 5.54. The van der Waals surface area contributed by atoms with Gasteiger partial charge in [-0.2, -0.15) is 0 Å². The smallest absolute Gasteiger partial charge is 0.325 e. The minimum atomic E-state index is -1.08. The molecule has 1 aliphatic heterocycles. The van der Waals surface area contributed by atoms with Crippen LogP contribution in [0.2, 0.25) is 0 Å². The predicted molar refractivity (Wildman–Crippen MR) is 126 cm³/mol. The molecule has 0 unspecified atom stereocenters. The lowest BCUT2D eigenvalue weighted by molar-refractivity contribution is -0.142. The molecule has 0 radical (unpaired) electrons. The topological polar surface area (TPSA) is 91.7 Å². The highest BCUT2D eigenvalue weighted by Crippen LogP contribution is 2.41. The van der Waals surface area contributed by atoms with Crippen molar-refractivity contribution in [2.45, 2.75) is 57.2 Å². The Bertz CT molecular complexity index is 1220. The van der Waals surface area contributed by atoms with Crippen molar-refractivity contribution in [3.8, 4) is 0 Å². The van der Waals surface area contributed by atoms with Crippen LogP contribution in [0.4, 0.5) is 4.79 Å². The Labute approximate surface area is 198 Å². The van der Waals surface area contributed by atoms with Gasteiger partial charge < -0.3 is 14.8 Å². The van der Waals surface area contributed by atoms with Gasteiger partial charge in [-0.15, -0.1) is 0 Å². The van der Waals surface area contributed by atoms with Crippen LogP contribution < -0.4 is 10.9 Å². The summed E-state index contributed by atoms with van der Waals surface area (Å²) in [6.45, 7) is 1.98. The van der Waals surface area contributed by atoms with Crippen LogP contribution in [0, 0.1) is 5.92 Å². The number of amides is 4. The van der Waals surface area contributed by atoms with Crippen LogP contribution in [0.25, 0.3) is 0 Å². The Hall–Kier alpha value is -3.42. The normalized spacial score (nSPS) is 22.5. The van der Waals surface area contributed by atoms with E-state index in [1.807, 2.05) is 37.3 Å². The van der Waals surface area contributed by atoms with Crippen molar-refractivity contribution in [2.24, 2.45) is 13.0 Å². The molecule has 5 rings (SSSR count). The van der Waals surface area contributed by atoms with E-state index in [0.29, 0.717) is 18.8 Å². The molecule has 2 aliphatic carbocycles. The average molecular weight is 463 g/mol. The first-order chi connectivity index (χ1) is 16.3. The highest BCUT2D eigenvalue weighted by Gasteiger charge is 2.55. The van der Waals surface area contributed by atoms with E-state index in [4.69, 9.17) is 0 Å². The number of nitrogens with one attached hydrogen (secondary N) is 1. The van der Waals surface area contributed by atoms with E-state index < -0.39 is 11.6 Å². The Morgan fingerprint density at radius 2 is 1.97 bits per heavy atom. The molecule has 1 saturated carbocycles. The lowest BCUT2D eigenvalue weighted by atomic mass is 9.79. The number of urea groups is 1. The van der Waals surface area contributed by atoms with Crippen LogP contribution >= 0.6 is 0 Å². The number of fused-ring (bicyclic) bond motifs is 2. The van der Waals surface area contributed by atoms with Crippen molar-refractivity contribution in [1.82, 2.24) is 19.7 Å². The van der Waals surface area contributed by atoms with Gasteiger partial charge in [-0.1, -0.05) is 30.7 Å². The number of aryl methyl sites for hydroxylation is 2. The number of carbonyl (C=O) groups excluding carboxylic acids is 3. The Morgan fingerprint density at radius 3 is 2.68 bits per heavy atom. The maximum Gasteiger partial charge on any atom is 0.325 e. The Balaban J connectivity index is 1.38. The molecule has 178 valence electrons. The van der Waals surface area contributed by atoms with Crippen LogP contribution in [0.3, 0.4) is 0 Å². The minimum Gasteiger partial charge on any atom is -0.334 e. The third-order valence-electron chi connectivity index (χ3n) is 7.88. The summed E-state index contributed by atoms with van der Waals surface area (Å²) >= 11 is 0. The molecular weight excluding hydrogens is 432 g/mol. The van der Waals surface area contributed by atoms with Gasteiger partial charge in [0.2, 0.25) is 5.91 Å². The SMILES string of the molecule is C[C@@H](C1CCC1)N(Cc1ccn(C)c(=O)c1)C(=O)CN1C(=O)N[C@@]2(CCc3ccccc32)C1=O. The van der Waals surface area contributed by atoms with E-state index >= 15 is 0 Å². The zero-order valence-corrected chi connectivity index (χ0v) is 19.6. The molecule has 1 spiro atoms. The van der Waals surface area contributed by atoms with Crippen molar-refractivity contribution in [1.29, 1.82) is 0 Å². The monoisotopic (exact) mass is 462 g/mol. The maximum atomic E-state index is 13.6. The van der Waals surface area contributed by atoms with E-state index in [9.17, 15) is 19.2 Å². The number of benzene rings is 1. The van der Waals surface area contributed by atoms with E-state index in [0.717, 1.165) is 40.9 Å². The fraction of sp³-hybridized carbons (Fsp3) is 0.462. The predicted octanol–water partition coefficient (Wildman–Crippen LogP) is 2.30. The highest BCUT2D eigenvalue weighted by molar-refractivity contribution is 6.09. The molecule has 1 aromatic heterocycles. The third-order valence-corrected chi connectivity index (χ3v) is 7.88. The summed E-state index contributed by atoms with van der Waals surface area (Å²) in [7, 11) is 1.68. The molecule has 2 aromatic rings. The van der Waals surface area contributed by atoms with E-state index in [1.54, 1.807) is 18.1 Å². The molecule has 0 bridgehead atoms. The van der Waals surface area contributed by atoms with Gasteiger partial charge in [0.05, 0.1) is 0 Å². The second kappa shape index (κ2) is 8.42. The van der Waals surface area contributed by atoms with Crippen LogP contribution in [0.1, 0.15) is 49.3 Å². The van der Waals surface area contributed by atoms with Gasteiger partial charge in [-0.25, -0.2) is 4.79 Å². The first-order valence-electron chi connectivity index (χ1n) is 12.0. The number of imide groups is 1. The molecule has 8 nitrogen and oxygen atoms in total. The maximum absolute atomic E-state index is 13.6. The number of hydrogen-bond donors (Lipinski definition) is 1. The van der Waals surface area contributed by atoms with Gasteiger partial charge >= 0.3 is 6.03 Å². The summed E-state index contributed by atoms with van der Waals surface area (Å²) < 4.78 is 1.48. The molecule has 1 saturated heterocycles. The van der Waals surface area contributed by atoms with Crippen molar-refractivity contribution in [3.63, 3.8) is 0 Å². The summed E-state index contributed by atoms with van der Waals surface area (Å²) in [5.41, 5.74) is 1.39. The van der Waals surface area contributed by atoms with Crippen molar-refractivity contribution < 1.29 is 14.4 Å². The fourth-order valence-corrected chi connectivity index (χ4v) is 5.48. The van der Waals surface area contributed by atoms with Crippen LogP contribution in [0.15, 0.2) is 47.4 Å². The molecule has 1 aromatic carbocycles. The average Bonchev–Trinajstić information content (AvgIpc) is 3.26. The van der Waals surface area contributed by atoms with Gasteiger partial charge in [0.1, 0.15) is 12.1 Å². The lowest BCUT2D eigenvalue weighted by Gasteiger charge is -2.39. The molecule has 3 aliphatic rings. The van der Waals surface area contributed by atoms with Crippen molar-refractivity contribution in [3.05, 3.63) is 69.6 Å². The van der Waals surface area contributed by atoms with E-state index in [1.165, 1.54) is 10.6 Å². The Morgan fingerprint density at radius 1 is 1.21 bits per heavy atom. The number of hydrogen-bond acceptors (Lipinski definition) is 4. The number of carbonyl (C=O) groups is 3. The van der Waals surface area contributed by atoms with Gasteiger partial charge in [0.15, 0.2) is 0 Å². The molecule has 2 fully saturated rings. The van der Waals surface area contributed by atoms with Crippen molar-refractivity contribution in [2.75, 3.05) is 6.54 Å². The van der Waals surface area contributed by atoms with E-state index in [-0.39, 0.29) is 36.5 Å². The summed E-state index contributed by atoms with van der Waals surface area (Å²) in [5.74, 6) is -0.265. The lowest BCUT2D eigenvalue weighted by Crippen LogP contribution is -2.49. The number of rotatable bonds is 6. The third kappa shape index (κ3) is 3.61. The first kappa shape index (κ1) is 22.4. The van der Waals surface area contributed by atoms with Crippen LogP contribution in [-0.4, -0.2) is 44.8 Å². The largest absolute Gasteiger partial charge is 0.334 e. The molecule has 4 amide bonds. The van der Waals surface area contributed by atoms with Crippen LogP contribution in [0.5, 0.6) is 0 Å². The van der Waals surface area contributed by atoms with E-state index in [2.05, 4.69) is 5.32 Å². The zero-order chi connectivity index (χ0) is 24.0. The van der Waals surface area contributed by atoms with Crippen LogP contribution in [-0.2, 0) is 35.1 Å². The molecule has 2 heterocycles. The number of pyridine rings is 1. The zero-order valence-electron chi connectivity index (χ0n) is 19.6. The second-order valence-electron chi connectivity index (χ2n) is 9.82. The van der Waals surface area contributed by atoms with Gasteiger partial charge in [0, 0.05) is 31.9 Å². The minimum absolute atomic E-state index is 0.0489. The fourth-order valence-electron chi connectivity index (χ4n) is 5.48. The first-order valence-corrected chi connectivity index (χ1v) is 12.0. The summed E-state index contributed by atoms with van der Waals surface area (Å²) in [6.07, 6.45) is 6.12. The standard InChI is InChI=1S/C26H30N4O4/c1-17(19-7-5-8-19)29(15-18-11-13-28(2)22(31)14-18)23(32)16-30-24(33)26(27-25(30)34)12-10-20-6-3-4-9-21(20)26/h3-4,6,9,11,13-14,17,19H,5,7-8,10,12,15-16H2,1-2H3,(H,27,34)/t17-,26+/m0/s1. The molecule has 1 N–H and O–H groups in total. The van der Waals surface area contributed by atoms with Gasteiger partial charge in [0.25, 0.3) is 11.5 Å². The molecule has 2 atom stereocenters. The number of aromatic nitrogens is 1. The molecular formula is C26H30N4O4. The summed E-state index contributed by atoms with van der Waals surface area (Å²) in [5, 5.41) is 2.89.